The molecule has 0 spiro atoms. The average molecular weight is 538 g/mol. The first kappa shape index (κ1) is 29.8. The minimum absolute atomic E-state index is 0.157. The second-order valence-electron chi connectivity index (χ2n) is 8.78. The number of carboxylic acids is 1. The van der Waals surface area contributed by atoms with E-state index in [1.807, 2.05) is 13.4 Å². The number of methoxy groups -OCH3 is 1. The molecule has 3 heterocycles. The highest BCUT2D eigenvalue weighted by Gasteiger charge is 2.38. The first-order chi connectivity index (χ1) is 16.7. The number of halogens is 3. The fourth-order valence-electron chi connectivity index (χ4n) is 3.87. The second-order valence-corrected chi connectivity index (χ2v) is 11.0. The number of alkyl halides is 3. The van der Waals surface area contributed by atoms with Gasteiger partial charge in [0.25, 0.3) is 0 Å². The summed E-state index contributed by atoms with van der Waals surface area (Å²) >= 11 is 0. The maximum atomic E-state index is 12.2. The molecule has 0 radical (unpaired) electrons. The lowest BCUT2D eigenvalue weighted by molar-refractivity contribution is -0.192. The van der Waals surface area contributed by atoms with E-state index in [9.17, 15) is 21.6 Å². The van der Waals surface area contributed by atoms with Gasteiger partial charge >= 0.3 is 12.1 Å². The van der Waals surface area contributed by atoms with Crippen LogP contribution in [0.5, 0.6) is 0 Å². The molecule has 0 atom stereocenters. The Hall–Kier alpha value is -2.45. The summed E-state index contributed by atoms with van der Waals surface area (Å²) in [6.07, 6.45) is -1.63. The molecule has 0 aromatic carbocycles. The van der Waals surface area contributed by atoms with E-state index in [1.54, 1.807) is 18.3 Å². The van der Waals surface area contributed by atoms with E-state index in [0.717, 1.165) is 41.9 Å². The molecule has 0 saturated carbocycles. The summed E-state index contributed by atoms with van der Waals surface area (Å²) in [4.78, 5) is 20.6. The summed E-state index contributed by atoms with van der Waals surface area (Å²) < 4.78 is 65.1. The highest BCUT2D eigenvalue weighted by Crippen LogP contribution is 2.33. The molecule has 1 N–H and O–H groups in total. The van der Waals surface area contributed by atoms with Crippen LogP contribution in [0, 0.1) is 0 Å². The van der Waals surface area contributed by atoms with Crippen molar-refractivity contribution < 1.29 is 36.2 Å². The van der Waals surface area contributed by atoms with Crippen molar-refractivity contribution in [2.45, 2.75) is 51.7 Å². The first-order valence-electron chi connectivity index (χ1n) is 11.6. The summed E-state index contributed by atoms with van der Waals surface area (Å²) in [6, 6.07) is 2.44. The van der Waals surface area contributed by atoms with Crippen LogP contribution in [-0.2, 0) is 19.6 Å². The third-order valence-corrected chi connectivity index (χ3v) is 7.87. The maximum Gasteiger partial charge on any atom is 0.490 e. The summed E-state index contributed by atoms with van der Waals surface area (Å²) in [7, 11) is 0.577. The average Bonchev–Trinajstić information content (AvgIpc) is 3.26. The van der Waals surface area contributed by atoms with Gasteiger partial charge in [-0.1, -0.05) is 0 Å². The highest BCUT2D eigenvalue weighted by atomic mass is 32.2. The number of hydrogen-bond acceptors (Lipinski definition) is 7. The Bertz CT molecular complexity index is 1130. The normalized spacial score (nSPS) is 15.7. The van der Waals surface area contributed by atoms with Gasteiger partial charge in [-0.05, 0) is 39.7 Å². The smallest absolute Gasteiger partial charge is 0.475 e. The van der Waals surface area contributed by atoms with Crippen molar-refractivity contribution in [2.24, 2.45) is 0 Å². The third-order valence-electron chi connectivity index (χ3n) is 5.99. The van der Waals surface area contributed by atoms with Crippen LogP contribution < -0.4 is 4.90 Å². The van der Waals surface area contributed by atoms with Gasteiger partial charge < -0.3 is 19.3 Å². The molecule has 0 aliphatic carbocycles. The Balaban J connectivity index is 0.000000572. The number of aromatic nitrogens is 3. The Morgan fingerprint density at radius 1 is 1.31 bits per heavy atom. The monoisotopic (exact) mass is 537 g/mol. The fourth-order valence-corrected chi connectivity index (χ4v) is 5.00. The van der Waals surface area contributed by atoms with Crippen LogP contribution in [0.15, 0.2) is 12.4 Å². The molecule has 2 aromatic rings. The fraction of sp³-hybridized carbons (Fsp3) is 0.682. The molecule has 10 nitrogen and oxygen atoms in total. The number of piperidine rings is 1. The Labute approximate surface area is 209 Å². The number of carboxylic acid groups (broad SMARTS) is 1. The minimum atomic E-state index is -5.08. The number of sulfonamides is 1. The number of hydrogen-bond donors (Lipinski definition) is 1. The summed E-state index contributed by atoms with van der Waals surface area (Å²) in [5, 5.41) is 7.12. The van der Waals surface area contributed by atoms with Gasteiger partial charge in [0.2, 0.25) is 10.0 Å². The van der Waals surface area contributed by atoms with E-state index in [1.165, 1.54) is 0 Å². The predicted molar refractivity (Wildman–Crippen MR) is 130 cm³/mol. The Morgan fingerprint density at radius 2 is 1.89 bits per heavy atom. The van der Waals surface area contributed by atoms with E-state index in [0.29, 0.717) is 25.7 Å². The lowest BCUT2D eigenvalue weighted by Crippen LogP contribution is -2.38. The van der Waals surface area contributed by atoms with Crippen LogP contribution in [0.1, 0.15) is 51.3 Å². The van der Waals surface area contributed by atoms with Gasteiger partial charge in [-0.2, -0.15) is 13.2 Å². The summed E-state index contributed by atoms with van der Waals surface area (Å²) in [5.74, 6) is -1.50. The van der Waals surface area contributed by atoms with Crippen LogP contribution in [0.25, 0.3) is 11.0 Å². The van der Waals surface area contributed by atoms with Crippen molar-refractivity contribution in [2.75, 3.05) is 51.1 Å². The molecule has 204 valence electrons. The van der Waals surface area contributed by atoms with Crippen LogP contribution in [0.4, 0.5) is 19.0 Å². The SMILES string of the molecule is CCS(=O)(=O)N1CCC(c2cc3c(ncn3C(C)C)c(N(C)CCOC)n2)CC1.O=C(O)C(F)(F)F. The molecular weight excluding hydrogens is 503 g/mol. The van der Waals surface area contributed by atoms with E-state index in [2.05, 4.69) is 34.4 Å². The van der Waals surface area contributed by atoms with Crippen LogP contribution in [0.2, 0.25) is 0 Å². The minimum Gasteiger partial charge on any atom is -0.475 e. The molecule has 1 saturated heterocycles. The molecule has 0 bridgehead atoms. The van der Waals surface area contributed by atoms with Gasteiger partial charge in [0, 0.05) is 51.4 Å². The number of aliphatic carboxylic acids is 1. The van der Waals surface area contributed by atoms with Gasteiger partial charge in [-0.3, -0.25) is 0 Å². The van der Waals surface area contributed by atoms with Crippen molar-refractivity contribution in [3.8, 4) is 0 Å². The largest absolute Gasteiger partial charge is 0.490 e. The van der Waals surface area contributed by atoms with Gasteiger partial charge in [-0.15, -0.1) is 0 Å². The zero-order valence-corrected chi connectivity index (χ0v) is 21.9. The van der Waals surface area contributed by atoms with E-state index in [4.69, 9.17) is 19.6 Å². The molecule has 0 unspecified atom stereocenters. The Kier molecular flexibility index (Phi) is 10.1. The zero-order valence-electron chi connectivity index (χ0n) is 21.1. The summed E-state index contributed by atoms with van der Waals surface area (Å²) in [6.45, 7) is 8.43. The topological polar surface area (TPSA) is 118 Å². The third kappa shape index (κ3) is 7.29. The number of likely N-dealkylation sites (N-methyl/N-ethyl adjacent to an activating group) is 1. The standard InChI is InChI=1S/C20H33N5O3S.C2HF3O2/c1-6-29(26,27)24-9-7-16(8-10-24)17-13-18-19(21-14-25(18)15(2)3)20(22-17)23(4)11-12-28-5;3-2(4,5)1(6)7/h13-16H,6-12H2,1-5H3;(H,6,7). The van der Waals surface area contributed by atoms with Crippen LogP contribution >= 0.6 is 0 Å². The lowest BCUT2D eigenvalue weighted by Gasteiger charge is -2.31. The molecule has 1 fully saturated rings. The van der Waals surface area contributed by atoms with Gasteiger partial charge in [-0.25, -0.2) is 27.5 Å². The zero-order chi connectivity index (χ0) is 27.3. The van der Waals surface area contributed by atoms with Gasteiger partial charge in [0.15, 0.2) is 5.82 Å². The number of pyridine rings is 1. The molecule has 3 rings (SSSR count). The number of imidazole rings is 1. The number of ether oxygens (including phenoxy) is 1. The highest BCUT2D eigenvalue weighted by molar-refractivity contribution is 7.89. The van der Waals surface area contributed by atoms with Crippen molar-refractivity contribution in [3.05, 3.63) is 18.1 Å². The maximum absolute atomic E-state index is 12.2. The number of anilines is 1. The number of nitrogens with zero attached hydrogens (tertiary/aromatic N) is 5. The van der Waals surface area contributed by atoms with Crippen LogP contribution in [-0.4, -0.2) is 90.7 Å². The molecule has 2 aromatic heterocycles. The number of fused-ring (bicyclic) bond motifs is 1. The van der Waals surface area contributed by atoms with Crippen molar-refractivity contribution >= 4 is 32.8 Å². The second kappa shape index (κ2) is 12.2. The predicted octanol–water partition coefficient (Wildman–Crippen LogP) is 3.26. The quantitative estimate of drug-likeness (QED) is 0.545. The van der Waals surface area contributed by atoms with Crippen molar-refractivity contribution in [3.63, 3.8) is 0 Å². The Morgan fingerprint density at radius 3 is 2.36 bits per heavy atom. The first-order valence-corrected chi connectivity index (χ1v) is 13.2. The van der Waals surface area contributed by atoms with Crippen LogP contribution in [0.3, 0.4) is 0 Å². The molecule has 36 heavy (non-hydrogen) atoms. The number of carbonyl (C=O) groups is 1. The van der Waals surface area contributed by atoms with Crippen molar-refractivity contribution in [1.29, 1.82) is 0 Å². The van der Waals surface area contributed by atoms with Crippen molar-refractivity contribution in [1.82, 2.24) is 18.8 Å². The molecule has 1 aliphatic heterocycles. The van der Waals surface area contributed by atoms with E-state index in [-0.39, 0.29) is 11.7 Å². The van der Waals surface area contributed by atoms with Gasteiger partial charge in [0.1, 0.15) is 5.52 Å². The molecule has 14 heteroatoms. The summed E-state index contributed by atoms with van der Waals surface area (Å²) in [5.41, 5.74) is 2.99. The molecular formula is C22H34F3N5O5S. The van der Waals surface area contributed by atoms with E-state index < -0.39 is 22.2 Å². The van der Waals surface area contributed by atoms with E-state index >= 15 is 0 Å². The van der Waals surface area contributed by atoms with Gasteiger partial charge in [0.05, 0.1) is 24.2 Å². The number of rotatable bonds is 8. The molecule has 1 aliphatic rings. The molecule has 0 amide bonds. The lowest BCUT2D eigenvalue weighted by atomic mass is 9.94.